The standard InChI is InChI=1S/C14H20F2N2O/c1-2-19-12-5-3-4-11(10-12)13(14(15)16)18-8-6-17-7-9-18/h3-5,10,13-14,17H,2,6-9H2,1H3/t13-/m1/s1. The Morgan fingerprint density at radius 2 is 2.05 bits per heavy atom. The minimum atomic E-state index is -2.39. The molecule has 0 aromatic heterocycles. The summed E-state index contributed by atoms with van der Waals surface area (Å²) in [5.74, 6) is 0.654. The van der Waals surface area contributed by atoms with Gasteiger partial charge in [-0.05, 0) is 24.6 Å². The lowest BCUT2D eigenvalue weighted by molar-refractivity contribution is 0.0181. The number of hydrogen-bond acceptors (Lipinski definition) is 3. The lowest BCUT2D eigenvalue weighted by atomic mass is 10.0. The van der Waals surface area contributed by atoms with Crippen molar-refractivity contribution in [1.82, 2.24) is 10.2 Å². The molecule has 1 saturated heterocycles. The predicted octanol–water partition coefficient (Wildman–Crippen LogP) is 2.30. The predicted molar refractivity (Wildman–Crippen MR) is 70.8 cm³/mol. The average Bonchev–Trinajstić information content (AvgIpc) is 2.40. The van der Waals surface area contributed by atoms with E-state index in [0.29, 0.717) is 31.0 Å². The molecule has 0 saturated carbocycles. The zero-order chi connectivity index (χ0) is 13.7. The summed E-state index contributed by atoms with van der Waals surface area (Å²) in [4.78, 5) is 1.84. The molecule has 1 aromatic rings. The van der Waals surface area contributed by atoms with Crippen molar-refractivity contribution in [2.75, 3.05) is 32.8 Å². The SMILES string of the molecule is CCOc1cccc([C@H](C(F)F)N2CCNCC2)c1. The Kier molecular flexibility index (Phi) is 5.10. The van der Waals surface area contributed by atoms with Gasteiger partial charge in [0.15, 0.2) is 0 Å². The first kappa shape index (κ1) is 14.2. The highest BCUT2D eigenvalue weighted by Crippen LogP contribution is 2.30. The molecule has 1 aliphatic rings. The summed E-state index contributed by atoms with van der Waals surface area (Å²) in [7, 11) is 0. The topological polar surface area (TPSA) is 24.5 Å². The number of nitrogens with one attached hydrogen (secondary N) is 1. The van der Waals surface area contributed by atoms with Gasteiger partial charge < -0.3 is 10.1 Å². The molecular weight excluding hydrogens is 250 g/mol. The Morgan fingerprint density at radius 3 is 2.68 bits per heavy atom. The van der Waals surface area contributed by atoms with Crippen LogP contribution in [0.25, 0.3) is 0 Å². The Bertz CT molecular complexity index is 395. The average molecular weight is 270 g/mol. The van der Waals surface area contributed by atoms with E-state index in [0.717, 1.165) is 13.1 Å². The molecule has 106 valence electrons. The molecule has 0 aliphatic carbocycles. The van der Waals surface area contributed by atoms with Gasteiger partial charge in [-0.3, -0.25) is 4.90 Å². The second-order valence-corrected chi connectivity index (χ2v) is 4.57. The van der Waals surface area contributed by atoms with Crippen LogP contribution in [0.1, 0.15) is 18.5 Å². The Hall–Kier alpha value is -1.20. The van der Waals surface area contributed by atoms with Gasteiger partial charge >= 0.3 is 0 Å². The van der Waals surface area contributed by atoms with Crippen LogP contribution in [0.2, 0.25) is 0 Å². The van der Waals surface area contributed by atoms with Crippen LogP contribution in [0.5, 0.6) is 5.75 Å². The summed E-state index contributed by atoms with van der Waals surface area (Å²) in [6, 6.07) is 6.21. The Labute approximate surface area is 112 Å². The van der Waals surface area contributed by atoms with Crippen molar-refractivity contribution >= 4 is 0 Å². The third-order valence-corrected chi connectivity index (χ3v) is 3.29. The van der Waals surface area contributed by atoms with E-state index < -0.39 is 12.5 Å². The van der Waals surface area contributed by atoms with Gasteiger partial charge in [-0.15, -0.1) is 0 Å². The van der Waals surface area contributed by atoms with Crippen LogP contribution in [0.3, 0.4) is 0 Å². The number of ether oxygens (including phenoxy) is 1. The molecule has 0 bridgehead atoms. The molecule has 1 aliphatic heterocycles. The van der Waals surface area contributed by atoms with Gasteiger partial charge in [0.2, 0.25) is 0 Å². The molecule has 5 heteroatoms. The second-order valence-electron chi connectivity index (χ2n) is 4.57. The largest absolute Gasteiger partial charge is 0.494 e. The fourth-order valence-electron chi connectivity index (χ4n) is 2.43. The smallest absolute Gasteiger partial charge is 0.258 e. The van der Waals surface area contributed by atoms with E-state index in [1.165, 1.54) is 0 Å². The molecule has 0 amide bonds. The van der Waals surface area contributed by atoms with Gasteiger partial charge in [0.05, 0.1) is 12.6 Å². The molecule has 3 nitrogen and oxygen atoms in total. The highest BCUT2D eigenvalue weighted by Gasteiger charge is 2.30. The van der Waals surface area contributed by atoms with E-state index in [9.17, 15) is 8.78 Å². The summed E-state index contributed by atoms with van der Waals surface area (Å²) >= 11 is 0. The summed E-state index contributed by atoms with van der Waals surface area (Å²) in [5.41, 5.74) is 0.628. The van der Waals surface area contributed by atoms with Gasteiger partial charge in [0.1, 0.15) is 5.75 Å². The van der Waals surface area contributed by atoms with Gasteiger partial charge in [-0.1, -0.05) is 12.1 Å². The minimum absolute atomic E-state index is 0.538. The number of alkyl halides is 2. The van der Waals surface area contributed by atoms with Crippen LogP contribution < -0.4 is 10.1 Å². The number of nitrogens with zero attached hydrogens (tertiary/aromatic N) is 1. The molecule has 0 spiro atoms. The zero-order valence-electron chi connectivity index (χ0n) is 11.1. The fraction of sp³-hybridized carbons (Fsp3) is 0.571. The first-order chi connectivity index (χ1) is 9.22. The van der Waals surface area contributed by atoms with Crippen molar-refractivity contribution < 1.29 is 13.5 Å². The van der Waals surface area contributed by atoms with Crippen LogP contribution >= 0.6 is 0 Å². The highest BCUT2D eigenvalue weighted by molar-refractivity contribution is 5.31. The van der Waals surface area contributed by atoms with E-state index in [-0.39, 0.29) is 0 Å². The monoisotopic (exact) mass is 270 g/mol. The van der Waals surface area contributed by atoms with Gasteiger partial charge in [0.25, 0.3) is 6.43 Å². The minimum Gasteiger partial charge on any atom is -0.494 e. The quantitative estimate of drug-likeness (QED) is 0.888. The highest BCUT2D eigenvalue weighted by atomic mass is 19.3. The summed E-state index contributed by atoms with van der Waals surface area (Å²) in [6.45, 7) is 5.23. The number of hydrogen-bond donors (Lipinski definition) is 1. The van der Waals surface area contributed by atoms with Crippen molar-refractivity contribution in [1.29, 1.82) is 0 Å². The van der Waals surface area contributed by atoms with Gasteiger partial charge in [-0.2, -0.15) is 0 Å². The van der Waals surface area contributed by atoms with Crippen molar-refractivity contribution in [3.8, 4) is 5.75 Å². The van der Waals surface area contributed by atoms with Crippen LogP contribution in [-0.2, 0) is 0 Å². The van der Waals surface area contributed by atoms with Gasteiger partial charge in [0, 0.05) is 26.2 Å². The van der Waals surface area contributed by atoms with Crippen LogP contribution in [-0.4, -0.2) is 44.1 Å². The summed E-state index contributed by atoms with van der Waals surface area (Å²) < 4.78 is 32.2. The lowest BCUT2D eigenvalue weighted by Crippen LogP contribution is -2.46. The van der Waals surface area contributed by atoms with E-state index >= 15 is 0 Å². The van der Waals surface area contributed by atoms with Gasteiger partial charge in [-0.25, -0.2) is 8.78 Å². The lowest BCUT2D eigenvalue weighted by Gasteiger charge is -2.34. The zero-order valence-corrected chi connectivity index (χ0v) is 11.1. The number of rotatable bonds is 5. The molecule has 1 aromatic carbocycles. The van der Waals surface area contributed by atoms with E-state index in [1.807, 2.05) is 11.8 Å². The molecular formula is C14H20F2N2O. The van der Waals surface area contributed by atoms with Crippen LogP contribution in [0.15, 0.2) is 24.3 Å². The van der Waals surface area contributed by atoms with Crippen molar-refractivity contribution in [2.45, 2.75) is 19.4 Å². The van der Waals surface area contributed by atoms with Crippen molar-refractivity contribution in [2.24, 2.45) is 0 Å². The number of piperazine rings is 1. The number of halogens is 2. The third kappa shape index (κ3) is 3.64. The maximum atomic E-state index is 13.4. The molecule has 0 radical (unpaired) electrons. The van der Waals surface area contributed by atoms with Crippen LogP contribution in [0, 0.1) is 0 Å². The maximum absolute atomic E-state index is 13.4. The molecule has 0 unspecified atom stereocenters. The van der Waals surface area contributed by atoms with Crippen molar-refractivity contribution in [3.05, 3.63) is 29.8 Å². The fourth-order valence-corrected chi connectivity index (χ4v) is 2.43. The van der Waals surface area contributed by atoms with Crippen molar-refractivity contribution in [3.63, 3.8) is 0 Å². The van der Waals surface area contributed by atoms with E-state index in [4.69, 9.17) is 4.74 Å². The first-order valence-corrected chi connectivity index (χ1v) is 6.68. The molecule has 1 atom stereocenters. The molecule has 1 fully saturated rings. The van der Waals surface area contributed by atoms with E-state index in [1.54, 1.807) is 24.3 Å². The Balaban J connectivity index is 2.20. The third-order valence-electron chi connectivity index (χ3n) is 3.29. The Morgan fingerprint density at radius 1 is 1.32 bits per heavy atom. The molecule has 1 heterocycles. The molecule has 19 heavy (non-hydrogen) atoms. The second kappa shape index (κ2) is 6.82. The number of benzene rings is 1. The first-order valence-electron chi connectivity index (χ1n) is 6.68. The summed E-state index contributed by atoms with van der Waals surface area (Å²) in [6.07, 6.45) is -2.39. The maximum Gasteiger partial charge on any atom is 0.258 e. The van der Waals surface area contributed by atoms with Crippen LogP contribution in [0.4, 0.5) is 8.78 Å². The normalized spacial score (nSPS) is 18.5. The van der Waals surface area contributed by atoms with E-state index in [2.05, 4.69) is 5.32 Å². The molecule has 1 N–H and O–H groups in total. The molecule has 2 rings (SSSR count). The summed E-state index contributed by atoms with van der Waals surface area (Å²) in [5, 5.41) is 3.18.